The van der Waals surface area contributed by atoms with Gasteiger partial charge in [-0.3, -0.25) is 14.3 Å². The minimum Gasteiger partial charge on any atom is -0.455 e. The van der Waals surface area contributed by atoms with Gasteiger partial charge in [0, 0.05) is 55.6 Å². The molecule has 0 bridgehead atoms. The molecular formula is C43H66FN6O10+. The van der Waals surface area contributed by atoms with Gasteiger partial charge in [-0.1, -0.05) is 45.0 Å². The first-order valence-corrected chi connectivity index (χ1v) is 21.2. The van der Waals surface area contributed by atoms with Crippen LogP contribution in [-0.4, -0.2) is 136 Å². The van der Waals surface area contributed by atoms with Gasteiger partial charge in [0.15, 0.2) is 23.8 Å². The van der Waals surface area contributed by atoms with Crippen LogP contribution in [0.2, 0.25) is 0 Å². The number of halogens is 1. The third-order valence-electron chi connectivity index (χ3n) is 13.0. The predicted octanol–water partition coefficient (Wildman–Crippen LogP) is 3.19. The lowest BCUT2D eigenvalue weighted by Crippen LogP contribution is -3.12. The summed E-state index contributed by atoms with van der Waals surface area (Å²) in [7, 11) is 5.21. The molecule has 1 amide bonds. The molecule has 0 unspecified atom stereocenters. The van der Waals surface area contributed by atoms with E-state index in [-0.39, 0.29) is 37.3 Å². The number of fused-ring (bicyclic) bond motifs is 1. The van der Waals surface area contributed by atoms with Crippen LogP contribution in [0.4, 0.5) is 14.9 Å². The number of aryl methyl sites for hydroxylation is 1. The van der Waals surface area contributed by atoms with Gasteiger partial charge in [-0.25, -0.2) is 14.0 Å². The summed E-state index contributed by atoms with van der Waals surface area (Å²) in [5, 5.41) is 20.0. The van der Waals surface area contributed by atoms with Crippen molar-refractivity contribution in [3.63, 3.8) is 0 Å². The number of aliphatic hydroxyl groups is 1. The number of quaternary nitrogens is 1. The number of ketones is 2. The van der Waals surface area contributed by atoms with E-state index >= 15 is 4.39 Å². The zero-order valence-corrected chi connectivity index (χ0v) is 37.0. The Morgan fingerprint density at radius 1 is 1.05 bits per heavy atom. The van der Waals surface area contributed by atoms with Gasteiger partial charge in [-0.15, -0.1) is 5.10 Å². The number of rotatable bonds is 11. The molecule has 60 heavy (non-hydrogen) atoms. The van der Waals surface area contributed by atoms with E-state index in [4.69, 9.17) is 29.4 Å². The number of ether oxygens (including phenoxy) is 5. The topological polar surface area (TPSA) is 199 Å². The van der Waals surface area contributed by atoms with Crippen LogP contribution in [0.1, 0.15) is 87.5 Å². The Morgan fingerprint density at radius 2 is 1.73 bits per heavy atom. The number of benzene rings is 1. The quantitative estimate of drug-likeness (QED) is 0.129. The highest BCUT2D eigenvalue weighted by molar-refractivity contribution is 6.08. The average molecular weight is 846 g/mol. The molecule has 0 spiro atoms. The first-order valence-electron chi connectivity index (χ1n) is 21.2. The molecule has 5 rings (SSSR count). The number of nitrogens with two attached hydrogens (primary N) is 1. The van der Waals surface area contributed by atoms with E-state index in [1.165, 1.54) is 18.9 Å². The standard InChI is InChI=1S/C43H65FN6O10/c1-12-32-43(8)35(50(40(55)60-43)19-14-13-18-49-23-30(46-47-49)28-16-15-17-29(45)21-28)26(4)33(51)24(2)22-41(6,56-11)37(27(5)36(53)42(7,44)39(54)58-32)59-38-34(52)31(48(9)10)20-25(3)57-38/h15-17,21,23-27,31-32,34-35,37-38,52H,12-14,18-20,22,45H2,1-11H3/p+1/t24-,25-,26+,27+,31+,32-,34-,35-,37-,38+,41-,42+,43-/m1/s1. The van der Waals surface area contributed by atoms with Crippen LogP contribution in [-0.2, 0) is 44.6 Å². The summed E-state index contributed by atoms with van der Waals surface area (Å²) in [5.74, 6) is -5.83. The number of Topliss-reactive ketones (excluding diaryl/α,β-unsaturated/α-hetero) is 2. The second kappa shape index (κ2) is 18.5. The molecule has 3 aliphatic rings. The van der Waals surface area contributed by atoms with Crippen molar-refractivity contribution in [1.29, 1.82) is 0 Å². The number of carbonyl (C=O) groups is 4. The molecule has 2 aromatic rings. The number of likely N-dealkylation sites (N-methyl/N-ethyl adjacent to an activating group) is 1. The lowest BCUT2D eigenvalue weighted by molar-refractivity contribution is -0.893. The lowest BCUT2D eigenvalue weighted by Gasteiger charge is -2.46. The summed E-state index contributed by atoms with van der Waals surface area (Å²) in [6.07, 6.45) is -2.43. The molecule has 334 valence electrons. The Balaban J connectivity index is 1.45. The number of unbranched alkanes of at least 4 members (excludes halogenated alkanes) is 1. The van der Waals surface area contributed by atoms with Crippen molar-refractivity contribution in [1.82, 2.24) is 19.9 Å². The van der Waals surface area contributed by atoms with Crippen molar-refractivity contribution in [3.05, 3.63) is 30.5 Å². The number of hydrogen-bond acceptors (Lipinski definition) is 13. The highest BCUT2D eigenvalue weighted by atomic mass is 19.1. The molecule has 3 fully saturated rings. The van der Waals surface area contributed by atoms with Gasteiger partial charge < -0.3 is 44.3 Å². The Kier molecular flexibility index (Phi) is 14.5. The maximum atomic E-state index is 16.9. The molecule has 0 aliphatic carbocycles. The number of amides is 1. The number of cyclic esters (lactones) is 1. The zero-order chi connectivity index (χ0) is 44.5. The SMILES string of the molecule is CC[C@H]1OC(=O)[C@@](C)(F)C(=O)[C@H](C)[C@@H](O[C@@H]2O[C@H](C)C[C@H]([NH+](C)C)[C@H]2O)[C@](C)(OC)C[C@@H](C)C(=O)[C@H](C)[C@H]2N(CCCCn3cc(-c4cccc(N)c4)nn3)C(=O)O[C@]12C. The van der Waals surface area contributed by atoms with Crippen LogP contribution >= 0.6 is 0 Å². The molecule has 16 nitrogen and oxygen atoms in total. The third kappa shape index (κ3) is 9.39. The van der Waals surface area contributed by atoms with Crippen LogP contribution in [0.5, 0.6) is 0 Å². The predicted molar refractivity (Wildman–Crippen MR) is 218 cm³/mol. The van der Waals surface area contributed by atoms with E-state index in [0.29, 0.717) is 37.2 Å². The van der Waals surface area contributed by atoms with E-state index < -0.39 is 83.1 Å². The van der Waals surface area contributed by atoms with Crippen molar-refractivity contribution in [3.8, 4) is 11.3 Å². The smallest absolute Gasteiger partial charge is 0.410 e. The van der Waals surface area contributed by atoms with Crippen molar-refractivity contribution < 1.29 is 57.3 Å². The van der Waals surface area contributed by atoms with Crippen molar-refractivity contribution in [2.24, 2.45) is 17.8 Å². The minimum absolute atomic E-state index is 0.00591. The molecule has 1 aromatic heterocycles. The minimum atomic E-state index is -3.18. The van der Waals surface area contributed by atoms with Crippen LogP contribution in [0.15, 0.2) is 30.5 Å². The number of aliphatic hydroxyl groups excluding tert-OH is 1. The number of aromatic nitrogens is 3. The van der Waals surface area contributed by atoms with Crippen LogP contribution in [0.25, 0.3) is 11.3 Å². The number of carbonyl (C=O) groups excluding carboxylic acids is 4. The summed E-state index contributed by atoms with van der Waals surface area (Å²) in [4.78, 5) is 59.2. The molecule has 1 aromatic carbocycles. The lowest BCUT2D eigenvalue weighted by atomic mass is 9.73. The molecule has 17 heteroatoms. The van der Waals surface area contributed by atoms with E-state index in [9.17, 15) is 24.3 Å². The molecule has 13 atom stereocenters. The van der Waals surface area contributed by atoms with Gasteiger partial charge >= 0.3 is 12.1 Å². The second-order valence-electron chi connectivity index (χ2n) is 17.9. The molecule has 3 aliphatic heterocycles. The van der Waals surface area contributed by atoms with Crippen molar-refractivity contribution in [2.75, 3.05) is 33.5 Å². The number of nitrogen functional groups attached to an aromatic ring is 1. The molecule has 0 radical (unpaired) electrons. The van der Waals surface area contributed by atoms with Gasteiger partial charge in [0.2, 0.25) is 0 Å². The molecule has 4 heterocycles. The molecule has 0 saturated carbocycles. The largest absolute Gasteiger partial charge is 0.455 e. The number of methoxy groups -OCH3 is 1. The highest BCUT2D eigenvalue weighted by Crippen LogP contribution is 2.43. The molecular weight excluding hydrogens is 780 g/mol. The summed E-state index contributed by atoms with van der Waals surface area (Å²) in [6, 6.07) is 6.11. The normalized spacial score (nSPS) is 37.1. The van der Waals surface area contributed by atoms with Crippen molar-refractivity contribution >= 4 is 29.3 Å². The Labute approximate surface area is 352 Å². The molecule has 4 N–H and O–H groups in total. The van der Waals surface area contributed by atoms with Gasteiger partial charge in [-0.2, -0.15) is 0 Å². The number of nitrogens with one attached hydrogen (secondary N) is 1. The van der Waals surface area contributed by atoms with Gasteiger partial charge in [0.05, 0.1) is 44.1 Å². The summed E-state index contributed by atoms with van der Waals surface area (Å²) in [6.45, 7) is 13.2. The monoisotopic (exact) mass is 845 g/mol. The Morgan fingerprint density at radius 3 is 2.37 bits per heavy atom. The second-order valence-corrected chi connectivity index (χ2v) is 17.9. The Bertz CT molecular complexity index is 1860. The number of anilines is 1. The fraction of sp³-hybridized carbons (Fsp3) is 0.721. The van der Waals surface area contributed by atoms with Gasteiger partial charge in [0.1, 0.15) is 23.6 Å². The van der Waals surface area contributed by atoms with Crippen LogP contribution in [0.3, 0.4) is 0 Å². The van der Waals surface area contributed by atoms with Crippen LogP contribution < -0.4 is 10.6 Å². The summed E-state index contributed by atoms with van der Waals surface area (Å²) < 4.78 is 49.2. The fourth-order valence-electron chi connectivity index (χ4n) is 9.59. The Hall–Kier alpha value is -4.03. The van der Waals surface area contributed by atoms with Crippen molar-refractivity contribution in [2.45, 2.75) is 154 Å². The highest BCUT2D eigenvalue weighted by Gasteiger charge is 2.61. The maximum absolute atomic E-state index is 16.9. The number of alkyl halides is 1. The zero-order valence-electron chi connectivity index (χ0n) is 37.0. The summed E-state index contributed by atoms with van der Waals surface area (Å²) >= 11 is 0. The van der Waals surface area contributed by atoms with Gasteiger partial charge in [0.25, 0.3) is 5.67 Å². The van der Waals surface area contributed by atoms with E-state index in [1.807, 2.05) is 45.4 Å². The molecule has 3 saturated heterocycles. The van der Waals surface area contributed by atoms with Gasteiger partial charge in [-0.05, 0) is 65.5 Å². The van der Waals surface area contributed by atoms with E-state index in [0.717, 1.165) is 17.4 Å². The summed E-state index contributed by atoms with van der Waals surface area (Å²) in [5.41, 5.74) is 1.81. The maximum Gasteiger partial charge on any atom is 0.410 e. The third-order valence-corrected chi connectivity index (χ3v) is 13.0. The number of esters is 1. The average Bonchev–Trinajstić information content (AvgIpc) is 3.78. The van der Waals surface area contributed by atoms with Crippen LogP contribution in [0, 0.1) is 17.8 Å². The number of nitrogens with zero attached hydrogens (tertiary/aromatic N) is 4. The first kappa shape index (κ1) is 47.0. The fourth-order valence-corrected chi connectivity index (χ4v) is 9.59. The number of hydrogen-bond donors (Lipinski definition) is 3. The van der Waals surface area contributed by atoms with E-state index in [1.54, 1.807) is 45.4 Å². The first-order chi connectivity index (χ1) is 28.1. The van der Waals surface area contributed by atoms with E-state index in [2.05, 4.69) is 10.3 Å².